The van der Waals surface area contributed by atoms with E-state index in [1.165, 1.54) is 0 Å². The van der Waals surface area contributed by atoms with Gasteiger partial charge in [0.05, 0.1) is 30.6 Å². The number of aliphatic hydroxyl groups excluding tert-OH is 1. The van der Waals surface area contributed by atoms with Crippen LogP contribution >= 0.6 is 0 Å². The van der Waals surface area contributed by atoms with Gasteiger partial charge in [-0.05, 0) is 43.9 Å². The van der Waals surface area contributed by atoms with Crippen LogP contribution < -0.4 is 10.2 Å². The number of anilines is 2. The molecule has 2 aliphatic heterocycles. The van der Waals surface area contributed by atoms with Gasteiger partial charge in [-0.2, -0.15) is 5.26 Å². The normalized spacial score (nSPS) is 23.9. The van der Waals surface area contributed by atoms with E-state index in [4.69, 9.17) is 9.47 Å². The molecule has 0 unspecified atom stereocenters. The van der Waals surface area contributed by atoms with Crippen molar-refractivity contribution in [1.82, 2.24) is 0 Å². The molecule has 0 bridgehead atoms. The average Bonchev–Trinajstić information content (AvgIpc) is 3.13. The van der Waals surface area contributed by atoms with Crippen LogP contribution in [-0.2, 0) is 9.47 Å². The van der Waals surface area contributed by atoms with Crippen LogP contribution in [0.2, 0.25) is 0 Å². The molecule has 2 heterocycles. The van der Waals surface area contributed by atoms with Crippen LogP contribution in [0, 0.1) is 11.3 Å². The van der Waals surface area contributed by atoms with Crippen molar-refractivity contribution in [3.63, 3.8) is 0 Å². The molecule has 1 aliphatic carbocycles. The van der Waals surface area contributed by atoms with Gasteiger partial charge in [0.2, 0.25) is 0 Å². The minimum Gasteiger partial charge on any atom is -0.393 e. The molecule has 26 heavy (non-hydrogen) atoms. The monoisotopic (exact) mass is 357 g/mol. The molecule has 1 aromatic carbocycles. The molecular weight excluding hydrogens is 330 g/mol. The molecule has 3 fully saturated rings. The molecule has 0 aromatic heterocycles. The Morgan fingerprint density at radius 1 is 1.12 bits per heavy atom. The van der Waals surface area contributed by atoms with E-state index < -0.39 is 0 Å². The molecule has 6 heteroatoms. The molecule has 1 saturated carbocycles. The zero-order valence-electron chi connectivity index (χ0n) is 15.1. The van der Waals surface area contributed by atoms with Crippen molar-refractivity contribution < 1.29 is 14.6 Å². The Morgan fingerprint density at radius 3 is 2.46 bits per heavy atom. The Bertz CT molecular complexity index is 663. The summed E-state index contributed by atoms with van der Waals surface area (Å²) in [5, 5.41) is 22.8. The van der Waals surface area contributed by atoms with E-state index in [0.29, 0.717) is 24.8 Å². The van der Waals surface area contributed by atoms with Gasteiger partial charge in [0.15, 0.2) is 5.79 Å². The summed E-state index contributed by atoms with van der Waals surface area (Å²) in [6, 6.07) is 8.77. The average molecular weight is 357 g/mol. The fourth-order valence-electron chi connectivity index (χ4n) is 4.32. The van der Waals surface area contributed by atoms with Crippen LogP contribution in [0.15, 0.2) is 18.2 Å². The summed E-state index contributed by atoms with van der Waals surface area (Å²) in [4.78, 5) is 2.20. The van der Waals surface area contributed by atoms with E-state index >= 15 is 0 Å². The lowest BCUT2D eigenvalue weighted by Crippen LogP contribution is -2.39. The molecule has 3 aliphatic rings. The van der Waals surface area contributed by atoms with E-state index in [0.717, 1.165) is 63.0 Å². The molecule has 0 amide bonds. The highest BCUT2D eigenvalue weighted by Gasteiger charge is 2.40. The number of hydrogen-bond donors (Lipinski definition) is 2. The second-order valence-electron chi connectivity index (χ2n) is 7.59. The molecule has 140 valence electrons. The number of rotatable bonds is 3. The third kappa shape index (κ3) is 3.66. The van der Waals surface area contributed by atoms with Gasteiger partial charge in [-0.25, -0.2) is 0 Å². The Hall–Kier alpha value is -1.81. The lowest BCUT2D eigenvalue weighted by atomic mass is 9.90. The van der Waals surface area contributed by atoms with Crippen LogP contribution in [0.5, 0.6) is 0 Å². The highest BCUT2D eigenvalue weighted by atomic mass is 16.7. The Balaban J connectivity index is 1.39. The second-order valence-corrected chi connectivity index (χ2v) is 7.59. The molecule has 2 N–H and O–H groups in total. The van der Waals surface area contributed by atoms with Crippen molar-refractivity contribution in [2.24, 2.45) is 0 Å². The van der Waals surface area contributed by atoms with Crippen LogP contribution in [0.1, 0.15) is 44.1 Å². The summed E-state index contributed by atoms with van der Waals surface area (Å²) in [7, 11) is 0. The number of nitrogens with one attached hydrogen (secondary N) is 1. The van der Waals surface area contributed by atoms with Crippen LogP contribution in [0.3, 0.4) is 0 Å². The molecule has 0 radical (unpaired) electrons. The molecule has 0 atom stereocenters. The van der Waals surface area contributed by atoms with Gasteiger partial charge >= 0.3 is 0 Å². The van der Waals surface area contributed by atoms with Crippen molar-refractivity contribution in [2.45, 2.75) is 56.5 Å². The second kappa shape index (κ2) is 7.43. The van der Waals surface area contributed by atoms with Crippen molar-refractivity contribution in [1.29, 1.82) is 5.26 Å². The van der Waals surface area contributed by atoms with Gasteiger partial charge in [0.1, 0.15) is 6.07 Å². The zero-order valence-corrected chi connectivity index (χ0v) is 15.1. The topological polar surface area (TPSA) is 77.8 Å². The van der Waals surface area contributed by atoms with Crippen LogP contribution in [0.4, 0.5) is 11.4 Å². The number of aliphatic hydroxyl groups is 1. The third-order valence-electron chi connectivity index (χ3n) is 5.85. The van der Waals surface area contributed by atoms with Gasteiger partial charge in [0.25, 0.3) is 0 Å². The summed E-state index contributed by atoms with van der Waals surface area (Å²) in [6.07, 6.45) is 5.17. The third-order valence-corrected chi connectivity index (χ3v) is 5.85. The Morgan fingerprint density at radius 2 is 1.81 bits per heavy atom. The summed E-state index contributed by atoms with van der Waals surface area (Å²) >= 11 is 0. The molecule has 2 saturated heterocycles. The van der Waals surface area contributed by atoms with E-state index in [2.05, 4.69) is 22.4 Å². The standard InChI is InChI=1S/C20H27N3O3/c21-14-15-13-17(1-2-19(15)23-9-5-18(24)6-10-23)22-16-3-7-20(8-4-16)25-11-12-26-20/h1-2,13,16,18,22,24H,3-12H2. The Kier molecular flexibility index (Phi) is 5.03. The fourth-order valence-corrected chi connectivity index (χ4v) is 4.32. The van der Waals surface area contributed by atoms with Crippen molar-refractivity contribution in [3.05, 3.63) is 23.8 Å². The van der Waals surface area contributed by atoms with E-state index in [9.17, 15) is 10.4 Å². The van der Waals surface area contributed by atoms with E-state index in [-0.39, 0.29) is 11.9 Å². The number of nitriles is 1. The first-order valence-electron chi connectivity index (χ1n) is 9.69. The quantitative estimate of drug-likeness (QED) is 0.866. The lowest BCUT2D eigenvalue weighted by Gasteiger charge is -2.36. The van der Waals surface area contributed by atoms with Crippen LogP contribution in [0.25, 0.3) is 0 Å². The van der Waals surface area contributed by atoms with E-state index in [1.54, 1.807) is 0 Å². The maximum Gasteiger partial charge on any atom is 0.168 e. The van der Waals surface area contributed by atoms with Gasteiger partial charge < -0.3 is 24.8 Å². The maximum atomic E-state index is 9.68. The fraction of sp³-hybridized carbons (Fsp3) is 0.650. The van der Waals surface area contributed by atoms with Gasteiger partial charge in [-0.3, -0.25) is 0 Å². The highest BCUT2D eigenvalue weighted by molar-refractivity contribution is 5.65. The van der Waals surface area contributed by atoms with Gasteiger partial charge in [-0.15, -0.1) is 0 Å². The first-order valence-corrected chi connectivity index (χ1v) is 9.69. The molecule has 4 rings (SSSR count). The van der Waals surface area contributed by atoms with E-state index in [1.807, 2.05) is 12.1 Å². The zero-order chi connectivity index (χ0) is 18.0. The minimum atomic E-state index is -0.335. The van der Waals surface area contributed by atoms with Crippen molar-refractivity contribution in [3.8, 4) is 6.07 Å². The number of nitrogens with zero attached hydrogens (tertiary/aromatic N) is 2. The maximum absolute atomic E-state index is 9.68. The summed E-state index contributed by atoms with van der Waals surface area (Å²) < 4.78 is 11.6. The van der Waals surface area contributed by atoms with Gasteiger partial charge in [-0.1, -0.05) is 0 Å². The first kappa shape index (κ1) is 17.6. The predicted molar refractivity (Wildman–Crippen MR) is 99.1 cm³/mol. The summed E-state index contributed by atoms with van der Waals surface area (Å²) in [6.45, 7) is 3.01. The van der Waals surface area contributed by atoms with Gasteiger partial charge in [0, 0.05) is 37.7 Å². The molecule has 1 spiro atoms. The number of hydrogen-bond acceptors (Lipinski definition) is 6. The predicted octanol–water partition coefficient (Wildman–Crippen LogP) is 2.62. The summed E-state index contributed by atoms with van der Waals surface area (Å²) in [5.41, 5.74) is 2.66. The highest BCUT2D eigenvalue weighted by Crippen LogP contribution is 2.37. The van der Waals surface area contributed by atoms with Crippen molar-refractivity contribution in [2.75, 3.05) is 36.5 Å². The smallest absolute Gasteiger partial charge is 0.168 e. The summed E-state index contributed by atoms with van der Waals surface area (Å²) in [5.74, 6) is -0.335. The SMILES string of the molecule is N#Cc1cc(NC2CCC3(CC2)OCCO3)ccc1N1CCC(O)CC1. The number of benzene rings is 1. The first-order chi connectivity index (χ1) is 12.7. The molecular formula is C20H27N3O3. The minimum absolute atomic E-state index is 0.208. The van der Waals surface area contributed by atoms with Crippen molar-refractivity contribution >= 4 is 11.4 Å². The lowest BCUT2D eigenvalue weighted by molar-refractivity contribution is -0.177. The molecule has 1 aromatic rings. The van der Waals surface area contributed by atoms with Crippen LogP contribution in [-0.4, -0.2) is 49.3 Å². The molecule has 6 nitrogen and oxygen atoms in total. The number of piperidine rings is 1. The Labute approximate surface area is 154 Å². The number of ether oxygens (including phenoxy) is 2. The largest absolute Gasteiger partial charge is 0.393 e.